The molecular weight excluding hydrogens is 1260 g/mol. The second kappa shape index (κ2) is 35.2. The number of morpholine rings is 1. The summed E-state index contributed by atoms with van der Waals surface area (Å²) in [6.07, 6.45) is 19.7. The molecule has 9 heterocycles. The Hall–Kier alpha value is -10.2. The summed E-state index contributed by atoms with van der Waals surface area (Å²) in [4.78, 5) is 83.9. The van der Waals surface area contributed by atoms with Gasteiger partial charge in [0, 0.05) is 142 Å². The molecule has 0 radical (unpaired) electrons. The quantitative estimate of drug-likeness (QED) is 0.0308. The lowest BCUT2D eigenvalue weighted by atomic mass is 10.1. The first-order valence-electron chi connectivity index (χ1n) is 31.2. The minimum Gasteiger partial charge on any atom is -0.379 e. The van der Waals surface area contributed by atoms with Gasteiger partial charge in [0.05, 0.1) is 68.4 Å². The van der Waals surface area contributed by atoms with Crippen LogP contribution in [0.25, 0.3) is 33.8 Å². The lowest BCUT2D eigenvalue weighted by Gasteiger charge is -2.26. The fourth-order valence-corrected chi connectivity index (χ4v) is 10.8. The summed E-state index contributed by atoms with van der Waals surface area (Å²) in [5, 5.41) is 20.2. The minimum absolute atomic E-state index is 0.231. The number of aromatic nitrogens is 8. The van der Waals surface area contributed by atoms with E-state index in [1.54, 1.807) is 116 Å². The maximum atomic E-state index is 12.7. The molecular formula is C71H71Cl3N16O5. The Morgan fingerprint density at radius 2 is 0.884 bits per heavy atom. The molecule has 2 saturated heterocycles. The van der Waals surface area contributed by atoms with E-state index in [4.69, 9.17) is 39.5 Å². The number of anilines is 6. The predicted octanol–water partition coefficient (Wildman–Crippen LogP) is 13.4. The largest absolute Gasteiger partial charge is 0.379 e. The number of hydrogen-bond donors (Lipinski definition) is 6. The third-order valence-electron chi connectivity index (χ3n) is 15.2. The van der Waals surface area contributed by atoms with Crippen molar-refractivity contribution in [3.8, 4) is 33.8 Å². The van der Waals surface area contributed by atoms with E-state index < -0.39 is 0 Å². The Kier molecular flexibility index (Phi) is 25.1. The normalized spacial score (nSPS) is 12.7. The van der Waals surface area contributed by atoms with Gasteiger partial charge in [-0.2, -0.15) is 0 Å². The number of halogens is 3. The van der Waals surface area contributed by atoms with Crippen molar-refractivity contribution in [3.63, 3.8) is 0 Å². The molecule has 0 atom stereocenters. The van der Waals surface area contributed by atoms with Crippen LogP contribution in [0.15, 0.2) is 201 Å². The van der Waals surface area contributed by atoms with E-state index in [0.717, 1.165) is 137 Å². The average molecular weight is 1330 g/mol. The monoisotopic (exact) mass is 1330 g/mol. The first-order chi connectivity index (χ1) is 46.5. The minimum atomic E-state index is -0.258. The van der Waals surface area contributed by atoms with Crippen LogP contribution in [-0.2, 0) is 16.1 Å². The third kappa shape index (κ3) is 20.7. The fraction of sp³-hybridized carbons (Fsp3) is 0.225. The highest BCUT2D eigenvalue weighted by Gasteiger charge is 2.20. The van der Waals surface area contributed by atoms with Gasteiger partial charge in [0.1, 0.15) is 17.5 Å². The lowest BCUT2D eigenvalue weighted by Crippen LogP contribution is -2.37. The van der Waals surface area contributed by atoms with Crippen LogP contribution in [0.3, 0.4) is 0 Å². The van der Waals surface area contributed by atoms with Gasteiger partial charge in [-0.25, -0.2) is 19.9 Å². The van der Waals surface area contributed by atoms with Gasteiger partial charge in [0.2, 0.25) is 5.91 Å². The molecule has 0 spiro atoms. The number of carbonyl (C=O) groups excluding carboxylic acids is 4. The fourth-order valence-electron chi connectivity index (χ4n) is 10.1. The summed E-state index contributed by atoms with van der Waals surface area (Å²) in [6, 6.07) is 43.4. The van der Waals surface area contributed by atoms with Crippen molar-refractivity contribution in [1.29, 1.82) is 0 Å². The Morgan fingerprint density at radius 1 is 0.463 bits per heavy atom. The first kappa shape index (κ1) is 67.7. The molecule has 6 N–H and O–H groups in total. The van der Waals surface area contributed by atoms with Gasteiger partial charge in [0.25, 0.3) is 17.7 Å². The van der Waals surface area contributed by atoms with Crippen molar-refractivity contribution < 1.29 is 23.9 Å². The number of amides is 4. The summed E-state index contributed by atoms with van der Waals surface area (Å²) < 4.78 is 7.39. The molecule has 2 fully saturated rings. The molecule has 7 aromatic heterocycles. The van der Waals surface area contributed by atoms with Crippen LogP contribution >= 0.6 is 34.8 Å². The van der Waals surface area contributed by atoms with Gasteiger partial charge in [-0.05, 0) is 160 Å². The molecule has 95 heavy (non-hydrogen) atoms. The summed E-state index contributed by atoms with van der Waals surface area (Å²) in [6.45, 7) is 9.49. The molecule has 10 aromatic rings. The van der Waals surface area contributed by atoms with Crippen LogP contribution < -0.4 is 31.9 Å². The molecule has 2 aliphatic rings. The molecule has 21 nitrogen and oxygen atoms in total. The van der Waals surface area contributed by atoms with E-state index in [9.17, 15) is 19.2 Å². The Labute approximate surface area is 566 Å². The summed E-state index contributed by atoms with van der Waals surface area (Å²) in [7, 11) is 0. The van der Waals surface area contributed by atoms with E-state index in [2.05, 4.69) is 71.7 Å². The molecule has 0 saturated carbocycles. The lowest BCUT2D eigenvalue weighted by molar-refractivity contribution is -0.127. The van der Waals surface area contributed by atoms with Crippen LogP contribution in [0.1, 0.15) is 63.2 Å². The number of carbonyl (C=O) groups is 4. The van der Waals surface area contributed by atoms with Crippen molar-refractivity contribution in [2.75, 3.05) is 97.5 Å². The van der Waals surface area contributed by atoms with Crippen LogP contribution in [0.5, 0.6) is 0 Å². The second-order valence-corrected chi connectivity index (χ2v) is 23.2. The van der Waals surface area contributed by atoms with Crippen molar-refractivity contribution >= 4 is 92.9 Å². The molecule has 4 amide bonds. The number of aryl methyl sites for hydroxylation is 1. The van der Waals surface area contributed by atoms with Crippen molar-refractivity contribution in [3.05, 3.63) is 233 Å². The second-order valence-electron chi connectivity index (χ2n) is 22.0. The number of hydrogen-bond acceptors (Lipinski definition) is 16. The third-order valence-corrected chi connectivity index (χ3v) is 16.2. The van der Waals surface area contributed by atoms with E-state index in [1.165, 1.54) is 6.20 Å². The van der Waals surface area contributed by atoms with Gasteiger partial charge in [-0.3, -0.25) is 39.0 Å². The van der Waals surface area contributed by atoms with Crippen LogP contribution in [0.4, 0.5) is 34.5 Å². The summed E-state index contributed by atoms with van der Waals surface area (Å²) >= 11 is 18.9. The topological polar surface area (TPSA) is 251 Å². The zero-order chi connectivity index (χ0) is 66.0. The number of likely N-dealkylation sites (tertiary alicyclic amines) is 1. The molecule has 0 bridgehead atoms. The molecule has 0 aliphatic carbocycles. The van der Waals surface area contributed by atoms with E-state index in [-0.39, 0.29) is 23.6 Å². The predicted molar refractivity (Wildman–Crippen MR) is 375 cm³/mol. The highest BCUT2D eigenvalue weighted by Crippen LogP contribution is 2.32. The average Bonchev–Trinajstić information content (AvgIpc) is 1.65. The summed E-state index contributed by atoms with van der Waals surface area (Å²) in [5.74, 6) is 1.69. The van der Waals surface area contributed by atoms with Gasteiger partial charge in [-0.15, -0.1) is 0 Å². The summed E-state index contributed by atoms with van der Waals surface area (Å²) in [5.41, 5.74) is 7.81. The van der Waals surface area contributed by atoms with Gasteiger partial charge < -0.3 is 46.1 Å². The number of benzene rings is 3. The maximum Gasteiger partial charge on any atom is 0.257 e. The van der Waals surface area contributed by atoms with Crippen LogP contribution in [0.2, 0.25) is 15.1 Å². The van der Waals surface area contributed by atoms with Crippen LogP contribution in [0, 0.1) is 0 Å². The van der Waals surface area contributed by atoms with Crippen molar-refractivity contribution in [1.82, 2.24) is 49.3 Å². The highest BCUT2D eigenvalue weighted by atomic mass is 35.5. The van der Waals surface area contributed by atoms with Crippen molar-refractivity contribution in [2.24, 2.45) is 0 Å². The zero-order valence-corrected chi connectivity index (χ0v) is 54.3. The number of imidazole rings is 1. The number of rotatable bonds is 24. The number of pyridine rings is 6. The Bertz CT molecular complexity index is 4080. The van der Waals surface area contributed by atoms with E-state index >= 15 is 0 Å². The maximum absolute atomic E-state index is 12.7. The molecule has 0 unspecified atom stereocenters. The SMILES string of the molecule is O=C(Nc1ccc(Cl)c(-c2ccccn2)c1)c1ccc(NCCCN2CCCC2=O)nc1.O=C(Nc1ccc(Cl)c(-c2ccccn2)c1)c1ccc(NCCCN2CCOCC2)nc1.O=C(Nc1ccc(Cl)c(-c2ccccn2)c1)c1ccc(NCCCn2ccnc2)nc1. The van der Waals surface area contributed by atoms with E-state index in [0.29, 0.717) is 67.6 Å². The molecule has 2 aliphatic heterocycles. The first-order valence-corrected chi connectivity index (χ1v) is 32.3. The number of nitrogens with one attached hydrogen (secondary N) is 6. The smallest absolute Gasteiger partial charge is 0.257 e. The van der Waals surface area contributed by atoms with Gasteiger partial charge in [0.15, 0.2) is 0 Å². The van der Waals surface area contributed by atoms with Gasteiger partial charge >= 0.3 is 0 Å². The molecule has 12 rings (SSSR count). The highest BCUT2D eigenvalue weighted by molar-refractivity contribution is 6.34. The van der Waals surface area contributed by atoms with Crippen molar-refractivity contribution in [2.45, 2.75) is 38.6 Å². The van der Waals surface area contributed by atoms with E-state index in [1.807, 2.05) is 88.5 Å². The molecule has 24 heteroatoms. The molecule has 3 aromatic carbocycles. The van der Waals surface area contributed by atoms with Gasteiger partial charge in [-0.1, -0.05) is 53.0 Å². The molecule has 486 valence electrons. The standard InChI is InChI=1S/C24H24ClN5O2.C24H26ClN5O2.C23H21ClN6O/c25-20-9-8-18(15-19(20)21-5-1-2-11-26-21)29-24(32)17-7-10-22(28-16-17)27-12-4-14-30-13-3-6-23(30)31;25-21-7-6-19(16-20(21)22-4-1-2-9-26-22)29-24(31)18-5-8-23(28-17-18)27-10-3-11-30-12-14-32-15-13-30;24-20-7-6-18(14-19(20)21-4-1-2-9-26-21)29-23(31)17-5-8-22(28-15-17)27-10-3-12-30-13-11-25-16-30/h1-2,5,7-11,15-16H,3-4,6,12-14H2,(H,27,28)(H,29,32);1-2,4-9,16-17H,3,10-15H2,(H,27,28)(H,29,31);1-2,4-9,11,13-16H,3,10,12H2,(H,27,28)(H,29,31). The number of nitrogens with zero attached hydrogens (tertiary/aromatic N) is 10. The Morgan fingerprint density at radius 3 is 1.24 bits per heavy atom. The number of ether oxygens (including phenoxy) is 1. The van der Waals surface area contributed by atoms with Crippen LogP contribution in [-0.4, -0.2) is 138 Å². The zero-order valence-electron chi connectivity index (χ0n) is 52.0. The Balaban J connectivity index is 0.000000155.